The van der Waals surface area contributed by atoms with Crippen molar-refractivity contribution in [1.82, 2.24) is 0 Å². The molecule has 3 N–H and O–H groups in total. The van der Waals surface area contributed by atoms with E-state index in [9.17, 15) is 4.39 Å². The monoisotopic (exact) mass is 154 g/mol. The Morgan fingerprint density at radius 3 is 2.82 bits per heavy atom. The number of hydrazine groups is 1. The van der Waals surface area contributed by atoms with Gasteiger partial charge in [0.05, 0.1) is 5.69 Å². The van der Waals surface area contributed by atoms with E-state index in [2.05, 4.69) is 5.43 Å². The maximum Gasteiger partial charge on any atom is 0.150 e. The van der Waals surface area contributed by atoms with Gasteiger partial charge in [-0.05, 0) is 18.1 Å². The van der Waals surface area contributed by atoms with Crippen LogP contribution in [0.2, 0.25) is 0 Å². The van der Waals surface area contributed by atoms with Crippen LogP contribution in [0, 0.1) is 5.82 Å². The highest BCUT2D eigenvalue weighted by Crippen LogP contribution is 2.16. The number of halogens is 1. The SMILES string of the molecule is CCc1cccc(NN)c1F. The van der Waals surface area contributed by atoms with Crippen molar-refractivity contribution in [2.75, 3.05) is 5.43 Å². The van der Waals surface area contributed by atoms with Crippen LogP contribution in [0.3, 0.4) is 0 Å². The van der Waals surface area contributed by atoms with Crippen LogP contribution in [0.25, 0.3) is 0 Å². The second-order valence-corrected chi connectivity index (χ2v) is 2.28. The lowest BCUT2D eigenvalue weighted by molar-refractivity contribution is 0.615. The van der Waals surface area contributed by atoms with Crippen molar-refractivity contribution in [2.45, 2.75) is 13.3 Å². The lowest BCUT2D eigenvalue weighted by atomic mass is 10.1. The third-order valence-electron chi connectivity index (χ3n) is 1.62. The van der Waals surface area contributed by atoms with E-state index in [1.54, 1.807) is 18.2 Å². The van der Waals surface area contributed by atoms with Crippen LogP contribution in [0.5, 0.6) is 0 Å². The van der Waals surface area contributed by atoms with Crippen molar-refractivity contribution >= 4 is 5.69 Å². The third kappa shape index (κ3) is 1.49. The fraction of sp³-hybridized carbons (Fsp3) is 0.250. The minimum Gasteiger partial charge on any atom is -0.321 e. The Labute approximate surface area is 65.2 Å². The van der Waals surface area contributed by atoms with Crippen LogP contribution in [0.1, 0.15) is 12.5 Å². The van der Waals surface area contributed by atoms with E-state index in [0.29, 0.717) is 17.7 Å². The van der Waals surface area contributed by atoms with Crippen molar-refractivity contribution in [1.29, 1.82) is 0 Å². The van der Waals surface area contributed by atoms with Crippen LogP contribution < -0.4 is 11.3 Å². The molecule has 0 unspecified atom stereocenters. The predicted octanol–water partition coefficient (Wildman–Crippen LogP) is 1.67. The topological polar surface area (TPSA) is 38.0 Å². The molecular formula is C8H11FN2. The minimum absolute atomic E-state index is 0.252. The highest BCUT2D eigenvalue weighted by molar-refractivity contribution is 5.46. The summed E-state index contributed by atoms with van der Waals surface area (Å²) in [4.78, 5) is 0. The third-order valence-corrected chi connectivity index (χ3v) is 1.62. The fourth-order valence-electron chi connectivity index (χ4n) is 0.964. The van der Waals surface area contributed by atoms with Gasteiger partial charge in [0.15, 0.2) is 5.82 Å². The normalized spacial score (nSPS) is 9.73. The van der Waals surface area contributed by atoms with E-state index < -0.39 is 0 Å². The molecule has 0 fully saturated rings. The number of aryl methyl sites for hydroxylation is 1. The van der Waals surface area contributed by atoms with Gasteiger partial charge in [-0.2, -0.15) is 0 Å². The Morgan fingerprint density at radius 1 is 1.55 bits per heavy atom. The lowest BCUT2D eigenvalue weighted by Gasteiger charge is -2.04. The second kappa shape index (κ2) is 3.34. The Balaban J connectivity index is 3.10. The summed E-state index contributed by atoms with van der Waals surface area (Å²) in [5.41, 5.74) is 3.33. The molecule has 11 heavy (non-hydrogen) atoms. The first-order valence-corrected chi connectivity index (χ1v) is 3.53. The number of anilines is 1. The van der Waals surface area contributed by atoms with Gasteiger partial charge < -0.3 is 5.43 Å². The fourth-order valence-corrected chi connectivity index (χ4v) is 0.964. The van der Waals surface area contributed by atoms with Gasteiger partial charge in [0.25, 0.3) is 0 Å². The van der Waals surface area contributed by atoms with E-state index in [4.69, 9.17) is 5.84 Å². The number of hydrogen-bond donors (Lipinski definition) is 2. The van der Waals surface area contributed by atoms with Gasteiger partial charge in [0.1, 0.15) is 0 Å². The summed E-state index contributed by atoms with van der Waals surface area (Å²) >= 11 is 0. The summed E-state index contributed by atoms with van der Waals surface area (Å²) in [5, 5.41) is 0. The molecule has 2 nitrogen and oxygen atoms in total. The van der Waals surface area contributed by atoms with Gasteiger partial charge in [-0.1, -0.05) is 19.1 Å². The van der Waals surface area contributed by atoms with Crippen LogP contribution in [-0.2, 0) is 6.42 Å². The van der Waals surface area contributed by atoms with Crippen LogP contribution in [0.15, 0.2) is 18.2 Å². The molecule has 3 heteroatoms. The summed E-state index contributed by atoms with van der Waals surface area (Å²) in [7, 11) is 0. The van der Waals surface area contributed by atoms with Gasteiger partial charge in [-0.25, -0.2) is 4.39 Å². The number of nitrogen functional groups attached to an aromatic ring is 1. The number of rotatable bonds is 2. The van der Waals surface area contributed by atoms with E-state index in [-0.39, 0.29) is 5.82 Å². The largest absolute Gasteiger partial charge is 0.321 e. The van der Waals surface area contributed by atoms with E-state index in [1.165, 1.54) is 0 Å². The maximum absolute atomic E-state index is 13.1. The Kier molecular flexibility index (Phi) is 2.44. The van der Waals surface area contributed by atoms with Crippen LogP contribution >= 0.6 is 0 Å². The van der Waals surface area contributed by atoms with Gasteiger partial charge in [-0.3, -0.25) is 5.84 Å². The van der Waals surface area contributed by atoms with E-state index in [0.717, 1.165) is 0 Å². The van der Waals surface area contributed by atoms with Crippen molar-refractivity contribution in [2.24, 2.45) is 5.84 Å². The molecule has 0 aromatic heterocycles. The molecule has 0 aliphatic rings. The van der Waals surface area contributed by atoms with E-state index >= 15 is 0 Å². The first-order chi connectivity index (χ1) is 5.29. The number of nitrogens with one attached hydrogen (secondary N) is 1. The molecule has 0 amide bonds. The second-order valence-electron chi connectivity index (χ2n) is 2.28. The number of benzene rings is 1. The molecule has 1 rings (SSSR count). The zero-order valence-corrected chi connectivity index (χ0v) is 6.39. The molecule has 0 heterocycles. The average Bonchev–Trinajstić information content (AvgIpc) is 2.05. The molecule has 0 saturated carbocycles. The molecule has 0 saturated heterocycles. The standard InChI is InChI=1S/C8H11FN2/c1-2-6-4-3-5-7(11-10)8(6)9/h3-5,11H,2,10H2,1H3. The Hall–Kier alpha value is -1.09. The Morgan fingerprint density at radius 2 is 2.27 bits per heavy atom. The van der Waals surface area contributed by atoms with Crippen molar-refractivity contribution in [3.8, 4) is 0 Å². The van der Waals surface area contributed by atoms with Crippen molar-refractivity contribution < 1.29 is 4.39 Å². The van der Waals surface area contributed by atoms with Crippen LogP contribution in [-0.4, -0.2) is 0 Å². The molecule has 1 aromatic rings. The quantitative estimate of drug-likeness (QED) is 0.502. The van der Waals surface area contributed by atoms with Crippen molar-refractivity contribution in [3.05, 3.63) is 29.6 Å². The molecule has 0 bridgehead atoms. The summed E-state index contributed by atoms with van der Waals surface area (Å²) in [5.74, 6) is 4.83. The molecular weight excluding hydrogens is 143 g/mol. The molecule has 0 atom stereocenters. The Bertz CT molecular complexity index is 226. The summed E-state index contributed by atoms with van der Waals surface area (Å²) in [6.45, 7) is 1.90. The van der Waals surface area contributed by atoms with Crippen molar-refractivity contribution in [3.63, 3.8) is 0 Å². The maximum atomic E-state index is 13.1. The summed E-state index contributed by atoms with van der Waals surface area (Å²) in [6, 6.07) is 5.13. The first-order valence-electron chi connectivity index (χ1n) is 3.53. The zero-order valence-electron chi connectivity index (χ0n) is 6.39. The smallest absolute Gasteiger partial charge is 0.150 e. The predicted molar refractivity (Wildman–Crippen MR) is 43.6 cm³/mol. The molecule has 0 radical (unpaired) electrons. The molecule has 0 spiro atoms. The van der Waals surface area contributed by atoms with E-state index in [1.807, 2.05) is 6.92 Å². The van der Waals surface area contributed by atoms with Gasteiger partial charge >= 0.3 is 0 Å². The highest BCUT2D eigenvalue weighted by atomic mass is 19.1. The lowest BCUT2D eigenvalue weighted by Crippen LogP contribution is -2.09. The number of nitrogens with two attached hydrogens (primary N) is 1. The zero-order chi connectivity index (χ0) is 8.27. The minimum atomic E-state index is -0.252. The first kappa shape index (κ1) is 8.01. The van der Waals surface area contributed by atoms with Gasteiger partial charge in [0.2, 0.25) is 0 Å². The van der Waals surface area contributed by atoms with Gasteiger partial charge in [-0.15, -0.1) is 0 Å². The highest BCUT2D eigenvalue weighted by Gasteiger charge is 2.03. The summed E-state index contributed by atoms with van der Waals surface area (Å²) < 4.78 is 13.1. The number of hydrogen-bond acceptors (Lipinski definition) is 2. The average molecular weight is 154 g/mol. The molecule has 0 aliphatic carbocycles. The molecule has 1 aromatic carbocycles. The van der Waals surface area contributed by atoms with Gasteiger partial charge in [0, 0.05) is 0 Å². The molecule has 0 aliphatic heterocycles. The molecule has 60 valence electrons. The summed E-state index contributed by atoms with van der Waals surface area (Å²) in [6.07, 6.45) is 0.682. The van der Waals surface area contributed by atoms with Crippen LogP contribution in [0.4, 0.5) is 10.1 Å².